The second kappa shape index (κ2) is 7.06. The fourth-order valence-corrected chi connectivity index (χ4v) is 2.38. The van der Waals surface area contributed by atoms with E-state index in [0.717, 1.165) is 19.6 Å². The van der Waals surface area contributed by atoms with Crippen LogP contribution in [0.5, 0.6) is 0 Å². The topological polar surface area (TPSA) is 41.6 Å². The van der Waals surface area contributed by atoms with Crippen molar-refractivity contribution in [1.82, 2.24) is 10.2 Å². The van der Waals surface area contributed by atoms with Gasteiger partial charge in [0.2, 0.25) is 0 Å². The largest absolute Gasteiger partial charge is 0.374 e. The molecule has 20 heavy (non-hydrogen) atoms. The Morgan fingerprint density at radius 2 is 2.40 bits per heavy atom. The molecule has 1 aliphatic rings. The summed E-state index contributed by atoms with van der Waals surface area (Å²) >= 11 is 4.11. The first-order valence-electron chi connectivity index (χ1n) is 6.70. The molecule has 1 aromatic carbocycles. The molecule has 1 N–H and O–H groups in total. The second-order valence-electron chi connectivity index (χ2n) is 4.76. The van der Waals surface area contributed by atoms with E-state index in [0.29, 0.717) is 18.0 Å². The number of nitrogens with one attached hydrogen (secondary N) is 1. The Bertz CT molecular complexity index is 484. The maximum atomic E-state index is 13.6. The molecule has 4 nitrogen and oxygen atoms in total. The summed E-state index contributed by atoms with van der Waals surface area (Å²) in [5, 5.41) is 2.72. The van der Waals surface area contributed by atoms with Gasteiger partial charge in [-0.3, -0.25) is 9.69 Å². The summed E-state index contributed by atoms with van der Waals surface area (Å²) in [7, 11) is 0. The molecule has 6 heteroatoms. The third kappa shape index (κ3) is 3.94. The van der Waals surface area contributed by atoms with E-state index >= 15 is 0 Å². The number of halogens is 1. The first kappa shape index (κ1) is 15.3. The number of rotatable bonds is 4. The van der Waals surface area contributed by atoms with Crippen LogP contribution in [0.1, 0.15) is 17.3 Å². The van der Waals surface area contributed by atoms with Crippen molar-refractivity contribution < 1.29 is 13.9 Å². The van der Waals surface area contributed by atoms with Gasteiger partial charge in [0.05, 0.1) is 18.3 Å². The first-order valence-corrected chi connectivity index (χ1v) is 7.15. The zero-order valence-electron chi connectivity index (χ0n) is 11.4. The van der Waals surface area contributed by atoms with E-state index in [9.17, 15) is 9.18 Å². The molecule has 0 saturated carbocycles. The van der Waals surface area contributed by atoms with Crippen molar-refractivity contribution in [2.75, 3.05) is 32.8 Å². The van der Waals surface area contributed by atoms with Gasteiger partial charge in [0, 0.05) is 24.5 Å². The quantitative estimate of drug-likeness (QED) is 0.829. The van der Waals surface area contributed by atoms with Crippen molar-refractivity contribution in [2.24, 2.45) is 0 Å². The molecule has 110 valence electrons. The van der Waals surface area contributed by atoms with E-state index in [4.69, 9.17) is 4.74 Å². The number of carbonyl (C=O) groups is 1. The van der Waals surface area contributed by atoms with Gasteiger partial charge in [-0.1, -0.05) is 6.92 Å². The highest BCUT2D eigenvalue weighted by Gasteiger charge is 2.20. The van der Waals surface area contributed by atoms with E-state index in [2.05, 4.69) is 29.8 Å². The molecule has 1 saturated heterocycles. The standard InChI is InChI=1S/C14H19FN2O2S/c1-2-17-5-6-19-10(9-17)8-16-14(18)12-7-11(20)3-4-13(12)15/h3-4,7,10,20H,2,5-6,8-9H2,1H3,(H,16,18). The van der Waals surface area contributed by atoms with Crippen LogP contribution in [0.2, 0.25) is 0 Å². The molecule has 0 spiro atoms. The summed E-state index contributed by atoms with van der Waals surface area (Å²) in [6.45, 7) is 5.79. The van der Waals surface area contributed by atoms with Crippen LogP contribution in [-0.2, 0) is 4.74 Å². The maximum Gasteiger partial charge on any atom is 0.254 e. The molecule has 1 unspecified atom stereocenters. The molecule has 1 atom stereocenters. The highest BCUT2D eigenvalue weighted by atomic mass is 32.1. The van der Waals surface area contributed by atoms with Crippen molar-refractivity contribution in [1.29, 1.82) is 0 Å². The Morgan fingerprint density at radius 1 is 1.60 bits per heavy atom. The van der Waals surface area contributed by atoms with Crippen LogP contribution in [0.4, 0.5) is 4.39 Å². The van der Waals surface area contributed by atoms with E-state index < -0.39 is 11.7 Å². The number of carbonyl (C=O) groups excluding carboxylic acids is 1. The van der Waals surface area contributed by atoms with Gasteiger partial charge in [0.15, 0.2) is 0 Å². The van der Waals surface area contributed by atoms with E-state index in [-0.39, 0.29) is 11.7 Å². The van der Waals surface area contributed by atoms with E-state index in [1.807, 2.05) is 0 Å². The number of morpholine rings is 1. The number of likely N-dealkylation sites (N-methyl/N-ethyl adjacent to an activating group) is 1. The van der Waals surface area contributed by atoms with Crippen molar-refractivity contribution in [2.45, 2.75) is 17.9 Å². The summed E-state index contributed by atoms with van der Waals surface area (Å²) in [6.07, 6.45) is -0.0464. The molecule has 0 aromatic heterocycles. The SMILES string of the molecule is CCN1CCOC(CNC(=O)c2cc(S)ccc2F)C1. The van der Waals surface area contributed by atoms with Crippen molar-refractivity contribution in [3.05, 3.63) is 29.6 Å². The van der Waals surface area contributed by atoms with Gasteiger partial charge in [-0.25, -0.2) is 4.39 Å². The van der Waals surface area contributed by atoms with Gasteiger partial charge < -0.3 is 10.1 Å². The molecule has 1 heterocycles. The lowest BCUT2D eigenvalue weighted by atomic mass is 10.2. The number of hydrogen-bond acceptors (Lipinski definition) is 4. The molecule has 1 fully saturated rings. The van der Waals surface area contributed by atoms with Gasteiger partial charge in [-0.15, -0.1) is 12.6 Å². The molecule has 0 bridgehead atoms. The van der Waals surface area contributed by atoms with Crippen LogP contribution in [0.3, 0.4) is 0 Å². The Hall–Kier alpha value is -1.11. The number of nitrogens with zero attached hydrogens (tertiary/aromatic N) is 1. The first-order chi connectivity index (χ1) is 9.60. The van der Waals surface area contributed by atoms with Crippen LogP contribution in [-0.4, -0.2) is 49.7 Å². The number of ether oxygens (including phenoxy) is 1. The molecular weight excluding hydrogens is 279 g/mol. The lowest BCUT2D eigenvalue weighted by molar-refractivity contribution is -0.0246. The Morgan fingerprint density at radius 3 is 3.15 bits per heavy atom. The van der Waals surface area contributed by atoms with Crippen LogP contribution in [0.15, 0.2) is 23.1 Å². The minimum absolute atomic E-state index is 0.0145. The maximum absolute atomic E-state index is 13.6. The fourth-order valence-electron chi connectivity index (χ4n) is 2.18. The number of hydrogen-bond donors (Lipinski definition) is 2. The smallest absolute Gasteiger partial charge is 0.254 e. The third-order valence-electron chi connectivity index (χ3n) is 3.35. The van der Waals surface area contributed by atoms with Gasteiger partial charge in [-0.05, 0) is 24.7 Å². The van der Waals surface area contributed by atoms with Crippen molar-refractivity contribution in [3.8, 4) is 0 Å². The van der Waals surface area contributed by atoms with Gasteiger partial charge in [0.1, 0.15) is 5.82 Å². The van der Waals surface area contributed by atoms with Gasteiger partial charge >= 0.3 is 0 Å². The van der Waals surface area contributed by atoms with Crippen LogP contribution >= 0.6 is 12.6 Å². The van der Waals surface area contributed by atoms with Gasteiger partial charge in [-0.2, -0.15) is 0 Å². The molecule has 1 aromatic rings. The van der Waals surface area contributed by atoms with E-state index in [1.54, 1.807) is 0 Å². The Balaban J connectivity index is 1.90. The molecule has 1 aliphatic heterocycles. The molecule has 0 aliphatic carbocycles. The minimum Gasteiger partial charge on any atom is -0.374 e. The van der Waals surface area contributed by atoms with Crippen molar-refractivity contribution >= 4 is 18.5 Å². The van der Waals surface area contributed by atoms with Crippen LogP contribution in [0, 0.1) is 5.82 Å². The van der Waals surface area contributed by atoms with E-state index in [1.165, 1.54) is 18.2 Å². The number of amides is 1. The summed E-state index contributed by atoms with van der Waals surface area (Å²) in [4.78, 5) is 14.8. The molecule has 2 rings (SSSR count). The highest BCUT2D eigenvalue weighted by Crippen LogP contribution is 2.13. The molecule has 1 amide bonds. The normalized spacial score (nSPS) is 19.9. The third-order valence-corrected chi connectivity index (χ3v) is 3.63. The summed E-state index contributed by atoms with van der Waals surface area (Å²) in [5.74, 6) is -0.976. The molecule has 0 radical (unpaired) electrons. The highest BCUT2D eigenvalue weighted by molar-refractivity contribution is 7.80. The predicted molar refractivity (Wildman–Crippen MR) is 77.8 cm³/mol. The summed E-state index contributed by atoms with van der Waals surface area (Å²) in [5.41, 5.74) is 0.0145. The van der Waals surface area contributed by atoms with Gasteiger partial charge in [0.25, 0.3) is 5.91 Å². The number of benzene rings is 1. The van der Waals surface area contributed by atoms with Crippen molar-refractivity contribution in [3.63, 3.8) is 0 Å². The zero-order valence-corrected chi connectivity index (χ0v) is 12.3. The Kier molecular flexibility index (Phi) is 5.39. The lowest BCUT2D eigenvalue weighted by Gasteiger charge is -2.32. The minimum atomic E-state index is -0.542. The summed E-state index contributed by atoms with van der Waals surface area (Å²) < 4.78 is 19.2. The zero-order chi connectivity index (χ0) is 14.5. The number of thiol groups is 1. The monoisotopic (exact) mass is 298 g/mol. The molecular formula is C14H19FN2O2S. The van der Waals surface area contributed by atoms with Crippen LogP contribution < -0.4 is 5.32 Å². The van der Waals surface area contributed by atoms with Crippen LogP contribution in [0.25, 0.3) is 0 Å². The predicted octanol–water partition coefficient (Wildman–Crippen LogP) is 1.56. The Labute approximate surface area is 123 Å². The lowest BCUT2D eigenvalue weighted by Crippen LogP contribution is -2.47. The fraction of sp³-hybridized carbons (Fsp3) is 0.500. The average molecular weight is 298 g/mol. The second-order valence-corrected chi connectivity index (χ2v) is 5.28. The summed E-state index contributed by atoms with van der Waals surface area (Å²) in [6, 6.07) is 4.18. The average Bonchev–Trinajstić information content (AvgIpc) is 2.47.